The summed E-state index contributed by atoms with van der Waals surface area (Å²) < 4.78 is 26.0. The molecule has 1 N–H and O–H groups in total. The summed E-state index contributed by atoms with van der Waals surface area (Å²) >= 11 is 5.99. The van der Waals surface area contributed by atoms with Gasteiger partial charge >= 0.3 is 0 Å². The molecule has 0 fully saturated rings. The maximum absolute atomic E-state index is 13.2. The van der Waals surface area contributed by atoms with Crippen LogP contribution < -0.4 is 5.32 Å². The SMILES string of the molecule is Fc1ccc(CNc2nnc(Cl)c3ccccc23)cc1F. The van der Waals surface area contributed by atoms with Crippen molar-refractivity contribution < 1.29 is 8.78 Å². The summed E-state index contributed by atoms with van der Waals surface area (Å²) in [7, 11) is 0. The first-order valence-corrected chi connectivity index (χ1v) is 6.61. The molecule has 0 amide bonds. The number of nitrogens with zero attached hydrogens (tertiary/aromatic N) is 2. The molecule has 0 atom stereocenters. The third-order valence-corrected chi connectivity index (χ3v) is 3.37. The van der Waals surface area contributed by atoms with Crippen LogP contribution in [0.15, 0.2) is 42.5 Å². The Bertz CT molecular complexity index is 808. The van der Waals surface area contributed by atoms with Crippen LogP contribution in [0.3, 0.4) is 0 Å². The van der Waals surface area contributed by atoms with Crippen LogP contribution in [0.5, 0.6) is 0 Å². The lowest BCUT2D eigenvalue weighted by molar-refractivity contribution is 0.507. The van der Waals surface area contributed by atoms with Crippen LogP contribution in [-0.2, 0) is 6.54 Å². The van der Waals surface area contributed by atoms with E-state index in [0.29, 0.717) is 23.1 Å². The second-order valence-electron chi connectivity index (χ2n) is 4.49. The van der Waals surface area contributed by atoms with Crippen molar-refractivity contribution in [2.24, 2.45) is 0 Å². The topological polar surface area (TPSA) is 37.8 Å². The van der Waals surface area contributed by atoms with Crippen molar-refractivity contribution in [3.8, 4) is 0 Å². The number of nitrogens with one attached hydrogen (secondary N) is 1. The first-order valence-electron chi connectivity index (χ1n) is 6.24. The van der Waals surface area contributed by atoms with Gasteiger partial charge in [-0.1, -0.05) is 41.9 Å². The number of benzene rings is 2. The lowest BCUT2D eigenvalue weighted by Crippen LogP contribution is -2.04. The highest BCUT2D eigenvalue weighted by atomic mass is 35.5. The van der Waals surface area contributed by atoms with Crippen molar-refractivity contribution in [1.82, 2.24) is 10.2 Å². The first kappa shape index (κ1) is 13.7. The van der Waals surface area contributed by atoms with Crippen LogP contribution in [0.25, 0.3) is 10.8 Å². The van der Waals surface area contributed by atoms with Crippen LogP contribution in [-0.4, -0.2) is 10.2 Å². The zero-order valence-corrected chi connectivity index (χ0v) is 11.5. The number of hydrogen-bond donors (Lipinski definition) is 1. The highest BCUT2D eigenvalue weighted by Crippen LogP contribution is 2.25. The molecule has 1 aromatic heterocycles. The van der Waals surface area contributed by atoms with Crippen molar-refractivity contribution in [2.75, 3.05) is 5.32 Å². The Labute approximate surface area is 124 Å². The molecule has 0 bridgehead atoms. The Morgan fingerprint density at radius 2 is 1.71 bits per heavy atom. The minimum Gasteiger partial charge on any atom is -0.364 e. The maximum atomic E-state index is 13.2. The zero-order valence-electron chi connectivity index (χ0n) is 10.8. The Morgan fingerprint density at radius 1 is 0.952 bits per heavy atom. The lowest BCUT2D eigenvalue weighted by atomic mass is 10.2. The molecule has 0 saturated carbocycles. The summed E-state index contributed by atoms with van der Waals surface area (Å²) in [5.41, 5.74) is 0.606. The fourth-order valence-corrected chi connectivity index (χ4v) is 2.24. The number of halogens is 3. The van der Waals surface area contributed by atoms with Gasteiger partial charge < -0.3 is 5.32 Å². The van der Waals surface area contributed by atoms with Crippen molar-refractivity contribution in [2.45, 2.75) is 6.54 Å². The van der Waals surface area contributed by atoms with Gasteiger partial charge in [-0.2, -0.15) is 0 Å². The molecule has 21 heavy (non-hydrogen) atoms. The fraction of sp³-hybridized carbons (Fsp3) is 0.0667. The smallest absolute Gasteiger partial charge is 0.159 e. The molecule has 0 aliphatic rings. The first-order chi connectivity index (χ1) is 10.1. The molecule has 0 unspecified atom stereocenters. The quantitative estimate of drug-likeness (QED) is 0.789. The van der Waals surface area contributed by atoms with E-state index in [1.807, 2.05) is 24.3 Å². The maximum Gasteiger partial charge on any atom is 0.159 e. The molecule has 3 aromatic rings. The molecule has 2 aromatic carbocycles. The standard InChI is InChI=1S/C15H10ClF2N3/c16-14-10-3-1-2-4-11(10)15(21-20-14)19-8-9-5-6-12(17)13(18)7-9/h1-7H,8H2,(H,19,21). The summed E-state index contributed by atoms with van der Waals surface area (Å²) in [5.74, 6) is -1.20. The summed E-state index contributed by atoms with van der Waals surface area (Å²) in [6.07, 6.45) is 0. The fourth-order valence-electron chi connectivity index (χ4n) is 2.04. The van der Waals surface area contributed by atoms with E-state index in [0.717, 1.165) is 22.9 Å². The van der Waals surface area contributed by atoms with Crippen molar-refractivity contribution in [3.05, 3.63) is 64.8 Å². The summed E-state index contributed by atoms with van der Waals surface area (Å²) in [5, 5.41) is 12.8. The Hall–Kier alpha value is -2.27. The largest absolute Gasteiger partial charge is 0.364 e. The van der Waals surface area contributed by atoms with Gasteiger partial charge in [0, 0.05) is 17.3 Å². The number of hydrogen-bond acceptors (Lipinski definition) is 3. The molecule has 0 saturated heterocycles. The van der Waals surface area contributed by atoms with Crippen LogP contribution >= 0.6 is 11.6 Å². The van der Waals surface area contributed by atoms with Gasteiger partial charge in [0.05, 0.1) is 0 Å². The number of aromatic nitrogens is 2. The van der Waals surface area contributed by atoms with Gasteiger partial charge in [-0.15, -0.1) is 10.2 Å². The third-order valence-electron chi connectivity index (χ3n) is 3.09. The molecule has 1 heterocycles. The van der Waals surface area contributed by atoms with Crippen molar-refractivity contribution in [3.63, 3.8) is 0 Å². The number of fused-ring (bicyclic) bond motifs is 1. The van der Waals surface area contributed by atoms with E-state index in [1.165, 1.54) is 6.07 Å². The molecule has 106 valence electrons. The van der Waals surface area contributed by atoms with Gasteiger partial charge in [-0.25, -0.2) is 8.78 Å². The summed E-state index contributed by atoms with van der Waals surface area (Å²) in [6.45, 7) is 0.303. The van der Waals surface area contributed by atoms with E-state index in [4.69, 9.17) is 11.6 Å². The Balaban J connectivity index is 1.88. The van der Waals surface area contributed by atoms with Gasteiger partial charge in [-0.05, 0) is 17.7 Å². The highest BCUT2D eigenvalue weighted by Gasteiger charge is 2.08. The zero-order chi connectivity index (χ0) is 14.8. The number of rotatable bonds is 3. The molecule has 0 radical (unpaired) electrons. The van der Waals surface area contributed by atoms with Crippen LogP contribution in [0, 0.1) is 11.6 Å². The Morgan fingerprint density at radius 3 is 2.48 bits per heavy atom. The molecule has 3 rings (SSSR count). The number of anilines is 1. The summed E-state index contributed by atoms with van der Waals surface area (Å²) in [4.78, 5) is 0. The van der Waals surface area contributed by atoms with E-state index in [9.17, 15) is 8.78 Å². The van der Waals surface area contributed by atoms with Crippen molar-refractivity contribution in [1.29, 1.82) is 0 Å². The van der Waals surface area contributed by atoms with E-state index in [1.54, 1.807) is 0 Å². The molecule has 3 nitrogen and oxygen atoms in total. The van der Waals surface area contributed by atoms with Crippen LogP contribution in [0.1, 0.15) is 5.56 Å². The average molecular weight is 306 g/mol. The predicted octanol–water partition coefficient (Wildman–Crippen LogP) is 4.17. The van der Waals surface area contributed by atoms with E-state index < -0.39 is 11.6 Å². The second-order valence-corrected chi connectivity index (χ2v) is 4.85. The Kier molecular flexibility index (Phi) is 3.66. The molecule has 0 aliphatic carbocycles. The molecule has 6 heteroatoms. The monoisotopic (exact) mass is 305 g/mol. The summed E-state index contributed by atoms with van der Waals surface area (Å²) in [6, 6.07) is 11.2. The normalized spacial score (nSPS) is 10.8. The van der Waals surface area contributed by atoms with E-state index in [-0.39, 0.29) is 0 Å². The minimum absolute atomic E-state index is 0.303. The van der Waals surface area contributed by atoms with Crippen LogP contribution in [0.2, 0.25) is 5.15 Å². The highest BCUT2D eigenvalue weighted by molar-refractivity contribution is 6.34. The van der Waals surface area contributed by atoms with Gasteiger partial charge in [0.2, 0.25) is 0 Å². The van der Waals surface area contributed by atoms with Crippen LogP contribution in [0.4, 0.5) is 14.6 Å². The van der Waals surface area contributed by atoms with E-state index >= 15 is 0 Å². The minimum atomic E-state index is -0.874. The van der Waals surface area contributed by atoms with Gasteiger partial charge in [0.25, 0.3) is 0 Å². The van der Waals surface area contributed by atoms with Crippen molar-refractivity contribution >= 4 is 28.2 Å². The van der Waals surface area contributed by atoms with Gasteiger partial charge in [0.1, 0.15) is 0 Å². The molecular formula is C15H10ClF2N3. The van der Waals surface area contributed by atoms with Gasteiger partial charge in [0.15, 0.2) is 22.6 Å². The van der Waals surface area contributed by atoms with Gasteiger partial charge in [-0.3, -0.25) is 0 Å². The third kappa shape index (κ3) is 2.78. The lowest BCUT2D eigenvalue weighted by Gasteiger charge is -2.09. The average Bonchev–Trinajstić information content (AvgIpc) is 2.50. The molecule has 0 aliphatic heterocycles. The molecule has 0 spiro atoms. The molecular weight excluding hydrogens is 296 g/mol. The van der Waals surface area contributed by atoms with E-state index in [2.05, 4.69) is 15.5 Å². The second kappa shape index (κ2) is 5.61. The predicted molar refractivity (Wildman–Crippen MR) is 78.2 cm³/mol.